The highest BCUT2D eigenvalue weighted by atomic mass is 35.5. The molecule has 0 aliphatic carbocycles. The molecule has 1 aliphatic heterocycles. The number of piperidine rings is 1. The van der Waals surface area contributed by atoms with Crippen LogP contribution in [0.3, 0.4) is 0 Å². The smallest absolute Gasteiger partial charge is 0.295 e. The quantitative estimate of drug-likeness (QED) is 0.291. The van der Waals surface area contributed by atoms with Gasteiger partial charge >= 0.3 is 0 Å². The summed E-state index contributed by atoms with van der Waals surface area (Å²) in [5.41, 5.74) is 2.93. The summed E-state index contributed by atoms with van der Waals surface area (Å²) in [6, 6.07) is 3.63. The van der Waals surface area contributed by atoms with Gasteiger partial charge < -0.3 is 14.6 Å². The van der Waals surface area contributed by atoms with E-state index in [2.05, 4.69) is 19.8 Å². The third-order valence-corrected chi connectivity index (χ3v) is 5.61. The maximum absolute atomic E-state index is 13.0. The molecule has 1 N–H and O–H groups in total. The van der Waals surface area contributed by atoms with Crippen molar-refractivity contribution in [3.63, 3.8) is 0 Å². The van der Waals surface area contributed by atoms with Gasteiger partial charge in [-0.25, -0.2) is 9.83 Å². The fourth-order valence-corrected chi connectivity index (χ4v) is 3.94. The minimum absolute atomic E-state index is 0.192. The summed E-state index contributed by atoms with van der Waals surface area (Å²) < 4.78 is 5.29. The van der Waals surface area contributed by atoms with E-state index in [0.29, 0.717) is 48.3 Å². The number of Topliss-reactive ketones (excluding diaryl/α,β-unsaturated/α-hetero) is 1. The third-order valence-electron chi connectivity index (χ3n) is 5.32. The first-order valence-electron chi connectivity index (χ1n) is 9.58. The number of methoxy groups -OCH3 is 1. The average molecular weight is 436 g/mol. The van der Waals surface area contributed by atoms with E-state index in [9.17, 15) is 9.59 Å². The Bertz CT molecular complexity index is 1230. The first kappa shape index (κ1) is 20.6. The summed E-state index contributed by atoms with van der Waals surface area (Å²) in [7, 11) is 1.46. The Morgan fingerprint density at radius 3 is 2.71 bits per heavy atom. The van der Waals surface area contributed by atoms with Gasteiger partial charge in [0.05, 0.1) is 36.3 Å². The highest BCUT2D eigenvalue weighted by molar-refractivity contribution is 6.45. The highest BCUT2D eigenvalue weighted by Crippen LogP contribution is 2.33. The fourth-order valence-electron chi connectivity index (χ4n) is 3.75. The molecule has 4 rings (SSSR count). The molecule has 8 nitrogen and oxygen atoms in total. The number of ether oxygens (including phenoxy) is 1. The predicted octanol–water partition coefficient (Wildman–Crippen LogP) is 3.76. The maximum Gasteiger partial charge on any atom is 0.295 e. The number of ketones is 1. The predicted molar refractivity (Wildman–Crippen MR) is 116 cm³/mol. The number of hydrogen-bond acceptors (Lipinski definition) is 5. The fraction of sp³-hybridized carbons (Fsp3) is 0.227. The van der Waals surface area contributed by atoms with Crippen LogP contribution >= 0.6 is 11.6 Å². The van der Waals surface area contributed by atoms with Crippen LogP contribution in [0.1, 0.15) is 28.8 Å². The van der Waals surface area contributed by atoms with Crippen LogP contribution in [0.25, 0.3) is 21.4 Å². The number of likely N-dealkylation sites (tertiary alicyclic amines) is 1. The van der Waals surface area contributed by atoms with Crippen LogP contribution in [0.4, 0.5) is 0 Å². The molecule has 31 heavy (non-hydrogen) atoms. The number of nitrogens with zero attached hydrogens (tertiary/aromatic N) is 4. The normalized spacial score (nSPS) is 13.7. The van der Waals surface area contributed by atoms with Gasteiger partial charge in [-0.05, 0) is 24.5 Å². The van der Waals surface area contributed by atoms with Crippen molar-refractivity contribution in [3.05, 3.63) is 70.2 Å². The second-order valence-electron chi connectivity index (χ2n) is 7.00. The minimum atomic E-state index is -0.642. The summed E-state index contributed by atoms with van der Waals surface area (Å²) >= 11 is 6.10. The van der Waals surface area contributed by atoms with Gasteiger partial charge in [0.15, 0.2) is 10.9 Å². The number of aromatic amines is 1. The second-order valence-corrected chi connectivity index (χ2v) is 7.35. The van der Waals surface area contributed by atoms with Crippen molar-refractivity contribution in [2.75, 3.05) is 20.2 Å². The third kappa shape index (κ3) is 3.76. The van der Waals surface area contributed by atoms with Gasteiger partial charge in [-0.1, -0.05) is 23.2 Å². The number of carbonyl (C=O) groups is 2. The molecule has 0 atom stereocenters. The number of halogens is 1. The molecule has 1 aliphatic rings. The van der Waals surface area contributed by atoms with Gasteiger partial charge in [-0.15, -0.1) is 0 Å². The van der Waals surface area contributed by atoms with Crippen LogP contribution in [0.5, 0.6) is 5.75 Å². The Morgan fingerprint density at radius 1 is 1.29 bits per heavy atom. The summed E-state index contributed by atoms with van der Waals surface area (Å²) in [5, 5.41) is 0.627. The van der Waals surface area contributed by atoms with Crippen LogP contribution in [0, 0.1) is 6.57 Å². The SMILES string of the molecule is [C-]#[N+]C(=C1CCN(C(=O)C(=O)c2c[nH]c3c(Cl)ncc(OC)c23)CC1)c1cccnc1. The molecular formula is C22H18ClN5O3. The lowest BCUT2D eigenvalue weighted by atomic mass is 9.98. The van der Waals surface area contributed by atoms with Crippen molar-refractivity contribution in [2.24, 2.45) is 0 Å². The van der Waals surface area contributed by atoms with E-state index in [1.165, 1.54) is 24.4 Å². The number of amides is 1. The molecular weight excluding hydrogens is 418 g/mol. The number of aromatic nitrogens is 3. The molecule has 9 heteroatoms. The number of carbonyl (C=O) groups excluding carboxylic acids is 2. The van der Waals surface area contributed by atoms with Crippen molar-refractivity contribution in [1.82, 2.24) is 19.9 Å². The van der Waals surface area contributed by atoms with Crippen LogP contribution in [0.15, 0.2) is 42.5 Å². The zero-order valence-electron chi connectivity index (χ0n) is 16.7. The zero-order chi connectivity index (χ0) is 22.0. The lowest BCUT2D eigenvalue weighted by Gasteiger charge is -2.28. The number of rotatable bonds is 4. The van der Waals surface area contributed by atoms with Crippen LogP contribution in [0.2, 0.25) is 5.15 Å². The number of nitrogens with one attached hydrogen (secondary N) is 1. The molecule has 0 radical (unpaired) electrons. The van der Waals surface area contributed by atoms with E-state index < -0.39 is 11.7 Å². The van der Waals surface area contributed by atoms with Gasteiger partial charge in [0, 0.05) is 31.7 Å². The molecule has 3 aromatic heterocycles. The summed E-state index contributed by atoms with van der Waals surface area (Å²) in [6.45, 7) is 8.26. The molecule has 0 aromatic carbocycles. The Morgan fingerprint density at radius 2 is 2.06 bits per heavy atom. The van der Waals surface area contributed by atoms with E-state index in [0.717, 1.165) is 11.1 Å². The van der Waals surface area contributed by atoms with E-state index in [-0.39, 0.29) is 10.7 Å². The van der Waals surface area contributed by atoms with Crippen molar-refractivity contribution in [3.8, 4) is 5.75 Å². The summed E-state index contributed by atoms with van der Waals surface area (Å²) in [5.74, 6) is -0.878. The maximum atomic E-state index is 13.0. The number of fused-ring (bicyclic) bond motifs is 1. The van der Waals surface area contributed by atoms with Gasteiger partial charge in [0.25, 0.3) is 11.7 Å². The molecule has 1 saturated heterocycles. The molecule has 1 amide bonds. The molecule has 4 heterocycles. The minimum Gasteiger partial charge on any atom is -0.494 e. The van der Waals surface area contributed by atoms with E-state index in [4.69, 9.17) is 22.9 Å². The Balaban J connectivity index is 1.55. The van der Waals surface area contributed by atoms with Crippen LogP contribution in [-0.4, -0.2) is 51.7 Å². The standard InChI is InChI=1S/C22H18ClN5O3/c1-24-18(14-4-3-7-25-10-14)13-5-8-28(9-6-13)22(30)20(29)15-11-26-19-17(15)16(31-2)12-27-21(19)23/h3-4,7,10-12,26H,5-6,8-9H2,2H3. The van der Waals surface area contributed by atoms with Gasteiger partial charge in [0.1, 0.15) is 5.75 Å². The number of hydrogen-bond donors (Lipinski definition) is 1. The van der Waals surface area contributed by atoms with Crippen molar-refractivity contribution in [2.45, 2.75) is 12.8 Å². The molecule has 0 unspecified atom stereocenters. The van der Waals surface area contributed by atoms with E-state index in [1.807, 2.05) is 6.07 Å². The molecule has 0 spiro atoms. The van der Waals surface area contributed by atoms with E-state index >= 15 is 0 Å². The molecule has 156 valence electrons. The van der Waals surface area contributed by atoms with Crippen molar-refractivity contribution in [1.29, 1.82) is 0 Å². The highest BCUT2D eigenvalue weighted by Gasteiger charge is 2.29. The van der Waals surface area contributed by atoms with Crippen molar-refractivity contribution >= 4 is 39.9 Å². The monoisotopic (exact) mass is 435 g/mol. The first-order valence-corrected chi connectivity index (χ1v) is 9.96. The lowest BCUT2D eigenvalue weighted by Crippen LogP contribution is -2.40. The Hall–Kier alpha value is -3.70. The summed E-state index contributed by atoms with van der Waals surface area (Å²) in [4.78, 5) is 42.1. The summed E-state index contributed by atoms with van der Waals surface area (Å²) in [6.07, 6.45) is 7.24. The first-order chi connectivity index (χ1) is 15.0. The van der Waals surface area contributed by atoms with Crippen LogP contribution < -0.4 is 4.74 Å². The largest absolute Gasteiger partial charge is 0.494 e. The Kier molecular flexibility index (Phi) is 5.69. The topological polar surface area (TPSA) is 92.5 Å². The van der Waals surface area contributed by atoms with Gasteiger partial charge in [0.2, 0.25) is 0 Å². The number of pyridine rings is 2. The molecule has 1 fully saturated rings. The lowest BCUT2D eigenvalue weighted by molar-refractivity contribution is -0.126. The van der Waals surface area contributed by atoms with Crippen molar-refractivity contribution < 1.29 is 14.3 Å². The van der Waals surface area contributed by atoms with Crippen LogP contribution in [-0.2, 0) is 4.79 Å². The molecule has 0 saturated carbocycles. The molecule has 3 aromatic rings. The molecule has 0 bridgehead atoms. The van der Waals surface area contributed by atoms with Gasteiger partial charge in [-0.3, -0.25) is 14.6 Å². The zero-order valence-corrected chi connectivity index (χ0v) is 17.4. The Labute approximate surface area is 183 Å². The number of H-pyrrole nitrogens is 1. The van der Waals surface area contributed by atoms with Gasteiger partial charge in [-0.2, -0.15) is 0 Å². The second kappa shape index (κ2) is 8.58. The average Bonchev–Trinajstić information content (AvgIpc) is 3.26. The van der Waals surface area contributed by atoms with E-state index in [1.54, 1.807) is 18.5 Å².